The van der Waals surface area contributed by atoms with Gasteiger partial charge in [-0.1, -0.05) is 30.3 Å². The molecular formula is C15H20N4O4. The molecule has 3 amide bonds. The van der Waals surface area contributed by atoms with E-state index in [-0.39, 0.29) is 19.1 Å². The molecule has 0 spiro atoms. The van der Waals surface area contributed by atoms with Gasteiger partial charge in [0, 0.05) is 6.54 Å². The summed E-state index contributed by atoms with van der Waals surface area (Å²) in [5, 5.41) is 0. The lowest BCUT2D eigenvalue weighted by molar-refractivity contribution is -0.126. The normalized spacial score (nSPS) is 16.9. The van der Waals surface area contributed by atoms with Crippen LogP contribution in [-0.4, -0.2) is 41.9 Å². The largest absolute Gasteiger partial charge is 0.445 e. The minimum absolute atomic E-state index is 0.157. The van der Waals surface area contributed by atoms with Crippen LogP contribution in [0.2, 0.25) is 0 Å². The van der Waals surface area contributed by atoms with E-state index in [0.29, 0.717) is 19.4 Å². The monoisotopic (exact) mass is 320 g/mol. The van der Waals surface area contributed by atoms with Gasteiger partial charge in [-0.2, -0.15) is 0 Å². The molecule has 0 unspecified atom stereocenters. The highest BCUT2D eigenvalue weighted by molar-refractivity contribution is 5.86. The zero-order valence-electron chi connectivity index (χ0n) is 12.7. The number of ether oxygens (including phenoxy) is 1. The van der Waals surface area contributed by atoms with Crippen LogP contribution in [0.4, 0.5) is 4.79 Å². The number of hydrogen-bond donors (Lipinski definition) is 3. The van der Waals surface area contributed by atoms with Crippen molar-refractivity contribution >= 4 is 17.9 Å². The fourth-order valence-corrected chi connectivity index (χ4v) is 2.36. The van der Waals surface area contributed by atoms with E-state index in [2.05, 4.69) is 10.9 Å². The predicted molar refractivity (Wildman–Crippen MR) is 81.7 cm³/mol. The quantitative estimate of drug-likeness (QED) is 0.633. The lowest BCUT2D eigenvalue weighted by atomic mass is 10.2. The van der Waals surface area contributed by atoms with Crippen LogP contribution in [-0.2, 0) is 20.9 Å². The maximum atomic E-state index is 12.1. The topological polar surface area (TPSA) is 114 Å². The van der Waals surface area contributed by atoms with Gasteiger partial charge < -0.3 is 10.5 Å². The van der Waals surface area contributed by atoms with Crippen molar-refractivity contribution < 1.29 is 19.1 Å². The zero-order valence-corrected chi connectivity index (χ0v) is 12.7. The van der Waals surface area contributed by atoms with E-state index >= 15 is 0 Å². The Labute approximate surface area is 133 Å². The van der Waals surface area contributed by atoms with E-state index in [4.69, 9.17) is 10.5 Å². The number of benzene rings is 1. The van der Waals surface area contributed by atoms with Gasteiger partial charge in [0.1, 0.15) is 12.6 Å². The molecule has 1 aromatic rings. The van der Waals surface area contributed by atoms with Gasteiger partial charge in [0.25, 0.3) is 5.91 Å². The zero-order chi connectivity index (χ0) is 16.7. The van der Waals surface area contributed by atoms with Crippen LogP contribution in [0.25, 0.3) is 0 Å². The van der Waals surface area contributed by atoms with Gasteiger partial charge in [0.05, 0.1) is 6.54 Å². The Morgan fingerprint density at radius 2 is 2.00 bits per heavy atom. The first kappa shape index (κ1) is 16.8. The van der Waals surface area contributed by atoms with Crippen LogP contribution in [0.3, 0.4) is 0 Å². The lowest BCUT2D eigenvalue weighted by Gasteiger charge is -2.23. The van der Waals surface area contributed by atoms with E-state index in [0.717, 1.165) is 5.56 Å². The van der Waals surface area contributed by atoms with Crippen molar-refractivity contribution in [3.05, 3.63) is 35.9 Å². The molecule has 1 heterocycles. The maximum Gasteiger partial charge on any atom is 0.410 e. The third-order valence-corrected chi connectivity index (χ3v) is 3.47. The number of primary amides is 1. The summed E-state index contributed by atoms with van der Waals surface area (Å²) >= 11 is 0. The summed E-state index contributed by atoms with van der Waals surface area (Å²) in [6.07, 6.45) is 0.736. The first-order chi connectivity index (χ1) is 11.1. The molecule has 1 aromatic carbocycles. The molecule has 0 aliphatic carbocycles. The molecule has 0 saturated carbocycles. The third kappa shape index (κ3) is 4.96. The summed E-state index contributed by atoms with van der Waals surface area (Å²) in [7, 11) is 0. The smallest absolute Gasteiger partial charge is 0.410 e. The number of nitrogens with two attached hydrogens (primary N) is 1. The van der Waals surface area contributed by atoms with Crippen LogP contribution in [0.15, 0.2) is 30.3 Å². The van der Waals surface area contributed by atoms with Crippen LogP contribution in [0.1, 0.15) is 18.4 Å². The molecule has 8 heteroatoms. The van der Waals surface area contributed by atoms with Crippen molar-refractivity contribution in [1.82, 2.24) is 15.8 Å². The second-order valence-corrected chi connectivity index (χ2v) is 5.20. The van der Waals surface area contributed by atoms with E-state index in [1.165, 1.54) is 4.90 Å². The number of rotatable bonds is 6. The highest BCUT2D eigenvalue weighted by Gasteiger charge is 2.35. The van der Waals surface area contributed by atoms with Crippen molar-refractivity contribution in [2.75, 3.05) is 13.1 Å². The molecule has 0 aromatic heterocycles. The second kappa shape index (κ2) is 8.14. The summed E-state index contributed by atoms with van der Waals surface area (Å²) in [4.78, 5) is 36.2. The molecular weight excluding hydrogens is 300 g/mol. The highest BCUT2D eigenvalue weighted by Crippen LogP contribution is 2.18. The number of nitrogens with one attached hydrogen (secondary N) is 2. The number of carbonyl (C=O) groups excluding carboxylic acids is 3. The van der Waals surface area contributed by atoms with E-state index in [1.807, 2.05) is 30.3 Å². The second-order valence-electron chi connectivity index (χ2n) is 5.20. The fourth-order valence-electron chi connectivity index (χ4n) is 2.36. The van der Waals surface area contributed by atoms with E-state index in [9.17, 15) is 14.4 Å². The van der Waals surface area contributed by atoms with Crippen molar-refractivity contribution in [1.29, 1.82) is 0 Å². The number of carbonyl (C=O) groups is 3. The molecule has 1 atom stereocenters. The fraction of sp³-hybridized carbons (Fsp3) is 0.400. The molecule has 8 nitrogen and oxygen atoms in total. The summed E-state index contributed by atoms with van der Waals surface area (Å²) in [5.41, 5.74) is 10.6. The third-order valence-electron chi connectivity index (χ3n) is 3.47. The Bertz CT molecular complexity index is 564. The van der Waals surface area contributed by atoms with Crippen molar-refractivity contribution in [2.45, 2.75) is 25.5 Å². The molecule has 0 radical (unpaired) electrons. The van der Waals surface area contributed by atoms with Crippen molar-refractivity contribution in [3.8, 4) is 0 Å². The molecule has 1 aliphatic heterocycles. The maximum absolute atomic E-state index is 12.1. The van der Waals surface area contributed by atoms with E-state index in [1.54, 1.807) is 0 Å². The molecule has 124 valence electrons. The number of hydrazine groups is 1. The predicted octanol–water partition coefficient (Wildman–Crippen LogP) is -0.106. The summed E-state index contributed by atoms with van der Waals surface area (Å²) in [6, 6.07) is 8.70. The molecule has 4 N–H and O–H groups in total. The number of hydrogen-bond acceptors (Lipinski definition) is 5. The summed E-state index contributed by atoms with van der Waals surface area (Å²) < 4.78 is 5.25. The molecule has 23 heavy (non-hydrogen) atoms. The van der Waals surface area contributed by atoms with Crippen LogP contribution in [0.5, 0.6) is 0 Å². The average molecular weight is 320 g/mol. The van der Waals surface area contributed by atoms with Gasteiger partial charge in [-0.15, -0.1) is 0 Å². The minimum atomic E-state index is -0.612. The van der Waals surface area contributed by atoms with Gasteiger partial charge in [-0.3, -0.25) is 19.9 Å². The first-order valence-corrected chi connectivity index (χ1v) is 7.36. The number of amides is 3. The molecule has 2 rings (SSSR count). The Morgan fingerprint density at radius 3 is 2.70 bits per heavy atom. The molecule has 0 bridgehead atoms. The van der Waals surface area contributed by atoms with Crippen LogP contribution >= 0.6 is 0 Å². The number of likely N-dealkylation sites (tertiary alicyclic amines) is 1. The Hall–Kier alpha value is -2.61. The number of nitrogens with zero attached hydrogens (tertiary/aromatic N) is 1. The molecule has 1 saturated heterocycles. The van der Waals surface area contributed by atoms with Gasteiger partial charge in [0.2, 0.25) is 5.91 Å². The summed E-state index contributed by atoms with van der Waals surface area (Å²) in [6.45, 7) is 0.447. The van der Waals surface area contributed by atoms with Gasteiger partial charge in [0.15, 0.2) is 0 Å². The Morgan fingerprint density at radius 1 is 1.26 bits per heavy atom. The van der Waals surface area contributed by atoms with Gasteiger partial charge >= 0.3 is 6.09 Å². The van der Waals surface area contributed by atoms with Crippen LogP contribution in [0, 0.1) is 0 Å². The average Bonchev–Trinajstić information content (AvgIpc) is 3.03. The van der Waals surface area contributed by atoms with Crippen LogP contribution < -0.4 is 16.6 Å². The van der Waals surface area contributed by atoms with Crippen molar-refractivity contribution in [2.24, 2.45) is 5.73 Å². The standard InChI is InChI=1S/C15H20N4O4/c16-13(20)9-17-18-14(21)12-7-4-8-19(12)15(22)23-10-11-5-2-1-3-6-11/h1-3,5-6,12,17H,4,7-10H2,(H2,16,20)(H,18,21)/t12-/m0/s1. The van der Waals surface area contributed by atoms with Gasteiger partial charge in [-0.05, 0) is 18.4 Å². The lowest BCUT2D eigenvalue weighted by Crippen LogP contribution is -2.51. The first-order valence-electron chi connectivity index (χ1n) is 7.36. The molecule has 1 fully saturated rings. The Kier molecular flexibility index (Phi) is 5.93. The minimum Gasteiger partial charge on any atom is -0.445 e. The Balaban J connectivity index is 1.83. The summed E-state index contributed by atoms with van der Waals surface area (Å²) in [5.74, 6) is -0.976. The van der Waals surface area contributed by atoms with E-state index < -0.39 is 18.0 Å². The highest BCUT2D eigenvalue weighted by atomic mass is 16.6. The van der Waals surface area contributed by atoms with Gasteiger partial charge in [-0.25, -0.2) is 10.2 Å². The van der Waals surface area contributed by atoms with Crippen molar-refractivity contribution in [3.63, 3.8) is 0 Å². The molecule has 1 aliphatic rings. The SMILES string of the molecule is NC(=O)CNNC(=O)[C@@H]1CCCN1C(=O)OCc1ccccc1.